The van der Waals surface area contributed by atoms with Crippen molar-refractivity contribution in [3.05, 3.63) is 83.7 Å². The number of Topliss-reactive ketones (excluding diaryl/α,β-unsaturated/α-hetero) is 1. The minimum absolute atomic E-state index is 0.0903. The third kappa shape index (κ3) is 7.00. The molecule has 0 aliphatic carbocycles. The Bertz CT molecular complexity index is 1470. The molecule has 0 amide bonds. The number of fused-ring (bicyclic) bond motifs is 1. The van der Waals surface area contributed by atoms with Crippen LogP contribution in [-0.2, 0) is 24.4 Å². The number of benzene rings is 2. The summed E-state index contributed by atoms with van der Waals surface area (Å²) in [6.07, 6.45) is 9.34. The number of rotatable bonds is 11. The number of aliphatic hydroxyl groups excluding tert-OH is 1. The molecule has 1 N–H and O–H groups in total. The van der Waals surface area contributed by atoms with Crippen molar-refractivity contribution in [2.75, 3.05) is 26.4 Å². The summed E-state index contributed by atoms with van der Waals surface area (Å²) in [5.41, 5.74) is 3.59. The van der Waals surface area contributed by atoms with Crippen molar-refractivity contribution in [2.24, 2.45) is 10.9 Å². The molecule has 2 aliphatic heterocycles. The van der Waals surface area contributed by atoms with Crippen molar-refractivity contribution in [3.8, 4) is 0 Å². The van der Waals surface area contributed by atoms with E-state index in [2.05, 4.69) is 34.3 Å². The number of aromatic nitrogens is 2. The predicted octanol–water partition coefficient (Wildman–Crippen LogP) is 5.58. The molecule has 2 atom stereocenters. The minimum atomic E-state index is -0.501. The summed E-state index contributed by atoms with van der Waals surface area (Å²) in [6, 6.07) is 11.5. The van der Waals surface area contributed by atoms with Crippen LogP contribution in [0.4, 0.5) is 4.39 Å². The van der Waals surface area contributed by atoms with Gasteiger partial charge in [-0.25, -0.2) is 9.37 Å². The first kappa shape index (κ1) is 29.3. The standard InChI is InChI=1S/C32H38FN4O3P/c1-22(39)27-7-5-6-24(32(27)33)19-34-28(8-3-4-16-38)23-11-14-36(15-12-23)21-31-35-29-10-9-26(41-2)18-30(29)37(31)20-25-13-17-40-25/h3-10,16,18,23,25,38,41H,11-15,17,19-21H2,1-2H3/b8-3-,16-4+,34-28+. The third-order valence-corrected chi connectivity index (χ3v) is 8.91. The number of aliphatic hydroxyl groups is 1. The maximum absolute atomic E-state index is 14.9. The van der Waals surface area contributed by atoms with Crippen LogP contribution < -0.4 is 5.30 Å². The Morgan fingerprint density at radius 3 is 2.71 bits per heavy atom. The number of piperidine rings is 1. The fraction of sp³-hybridized carbons (Fsp3) is 0.406. The number of aliphatic imine (C=N–C) groups is 1. The van der Waals surface area contributed by atoms with E-state index in [-0.39, 0.29) is 29.9 Å². The van der Waals surface area contributed by atoms with Crippen LogP contribution in [0.1, 0.15) is 47.9 Å². The minimum Gasteiger partial charge on any atom is -0.516 e. The molecule has 216 valence electrons. The zero-order chi connectivity index (χ0) is 28.8. The zero-order valence-electron chi connectivity index (χ0n) is 23.7. The Hall–Kier alpha value is -3.19. The van der Waals surface area contributed by atoms with Gasteiger partial charge in [0, 0.05) is 23.8 Å². The second kappa shape index (κ2) is 13.6. The highest BCUT2D eigenvalue weighted by molar-refractivity contribution is 7.46. The van der Waals surface area contributed by atoms with Gasteiger partial charge >= 0.3 is 0 Å². The first-order chi connectivity index (χ1) is 20.0. The van der Waals surface area contributed by atoms with E-state index in [4.69, 9.17) is 19.8 Å². The van der Waals surface area contributed by atoms with Crippen molar-refractivity contribution < 1.29 is 19.0 Å². The molecule has 3 heterocycles. The van der Waals surface area contributed by atoms with Crippen molar-refractivity contribution in [3.63, 3.8) is 0 Å². The van der Waals surface area contributed by atoms with Gasteiger partial charge in [0.05, 0.1) is 48.6 Å². The lowest BCUT2D eigenvalue weighted by atomic mass is 9.91. The molecule has 3 aromatic rings. The molecule has 5 rings (SSSR count). The summed E-state index contributed by atoms with van der Waals surface area (Å²) >= 11 is 0. The highest BCUT2D eigenvalue weighted by Gasteiger charge is 2.26. The second-order valence-electron chi connectivity index (χ2n) is 10.7. The smallest absolute Gasteiger partial charge is 0.162 e. The van der Waals surface area contributed by atoms with Gasteiger partial charge in [0.25, 0.3) is 0 Å². The fourth-order valence-electron chi connectivity index (χ4n) is 5.54. The highest BCUT2D eigenvalue weighted by atomic mass is 31.1. The summed E-state index contributed by atoms with van der Waals surface area (Å²) < 4.78 is 23.0. The molecule has 2 fully saturated rings. The normalized spacial score (nSPS) is 19.3. The molecule has 2 aromatic carbocycles. The molecule has 0 bridgehead atoms. The van der Waals surface area contributed by atoms with E-state index in [1.54, 1.807) is 24.3 Å². The molecule has 41 heavy (non-hydrogen) atoms. The van der Waals surface area contributed by atoms with Gasteiger partial charge in [-0.2, -0.15) is 0 Å². The number of imidazole rings is 1. The molecule has 0 saturated carbocycles. The lowest BCUT2D eigenvalue weighted by Crippen LogP contribution is -2.37. The lowest BCUT2D eigenvalue weighted by molar-refractivity contribution is -0.0592. The highest BCUT2D eigenvalue weighted by Crippen LogP contribution is 2.26. The third-order valence-electron chi connectivity index (χ3n) is 8.02. The van der Waals surface area contributed by atoms with Crippen molar-refractivity contribution in [2.45, 2.75) is 51.9 Å². The predicted molar refractivity (Wildman–Crippen MR) is 164 cm³/mol. The Kier molecular flexibility index (Phi) is 9.76. The van der Waals surface area contributed by atoms with Gasteiger partial charge in [-0.1, -0.05) is 32.9 Å². The van der Waals surface area contributed by atoms with Gasteiger partial charge in [0.2, 0.25) is 0 Å². The summed E-state index contributed by atoms with van der Waals surface area (Å²) in [5, 5.41) is 10.4. The molecule has 0 radical (unpaired) electrons. The largest absolute Gasteiger partial charge is 0.516 e. The van der Waals surface area contributed by atoms with Gasteiger partial charge in [0.1, 0.15) is 11.6 Å². The first-order valence-electron chi connectivity index (χ1n) is 14.3. The average Bonchev–Trinajstić information content (AvgIpc) is 3.29. The molecule has 7 nitrogen and oxygen atoms in total. The Morgan fingerprint density at radius 1 is 1.22 bits per heavy atom. The quantitative estimate of drug-likeness (QED) is 0.106. The van der Waals surface area contributed by atoms with Crippen molar-refractivity contribution >= 4 is 36.4 Å². The number of hydrogen-bond donors (Lipinski definition) is 1. The van der Waals surface area contributed by atoms with E-state index < -0.39 is 5.82 Å². The van der Waals surface area contributed by atoms with Crippen molar-refractivity contribution in [1.29, 1.82) is 0 Å². The van der Waals surface area contributed by atoms with Crippen molar-refractivity contribution in [1.82, 2.24) is 14.5 Å². The summed E-state index contributed by atoms with van der Waals surface area (Å²) in [4.78, 5) is 24.0. The van der Waals surface area contributed by atoms with E-state index in [1.807, 2.05) is 6.08 Å². The van der Waals surface area contributed by atoms with Gasteiger partial charge < -0.3 is 14.4 Å². The molecular formula is C32H38FN4O3P. The Balaban J connectivity index is 1.30. The molecule has 9 heteroatoms. The van der Waals surface area contributed by atoms with E-state index in [9.17, 15) is 9.18 Å². The Labute approximate surface area is 242 Å². The molecule has 0 spiro atoms. The summed E-state index contributed by atoms with van der Waals surface area (Å²) in [7, 11) is 0.742. The second-order valence-corrected chi connectivity index (χ2v) is 11.8. The number of likely N-dealkylation sites (tertiary alicyclic amines) is 1. The number of hydrogen-bond acceptors (Lipinski definition) is 6. The van der Waals surface area contributed by atoms with Crippen LogP contribution in [0.3, 0.4) is 0 Å². The van der Waals surface area contributed by atoms with Crippen LogP contribution in [0.5, 0.6) is 0 Å². The van der Waals surface area contributed by atoms with Crippen LogP contribution in [-0.4, -0.2) is 63.5 Å². The maximum Gasteiger partial charge on any atom is 0.162 e. The van der Waals surface area contributed by atoms with E-state index in [0.717, 1.165) is 83.9 Å². The average molecular weight is 577 g/mol. The number of allylic oxidation sites excluding steroid dienone is 3. The molecule has 1 aromatic heterocycles. The van der Waals surface area contributed by atoms with Gasteiger partial charge in [0.15, 0.2) is 5.78 Å². The van der Waals surface area contributed by atoms with Crippen LogP contribution in [0.25, 0.3) is 11.0 Å². The molecular weight excluding hydrogens is 538 g/mol. The summed E-state index contributed by atoms with van der Waals surface area (Å²) in [6.45, 7) is 7.96. The maximum atomic E-state index is 14.9. The number of ketones is 1. The number of halogens is 1. The van der Waals surface area contributed by atoms with Gasteiger partial charge in [-0.3, -0.25) is 14.7 Å². The van der Waals surface area contributed by atoms with Gasteiger partial charge in [-0.15, -0.1) is 0 Å². The zero-order valence-corrected chi connectivity index (χ0v) is 24.7. The molecule has 2 aliphatic rings. The van der Waals surface area contributed by atoms with Crippen LogP contribution >= 0.6 is 8.58 Å². The first-order valence-corrected chi connectivity index (χ1v) is 15.8. The number of carbonyl (C=O) groups excluding carboxylic acids is 1. The number of nitrogens with zero attached hydrogens (tertiary/aromatic N) is 4. The molecule has 2 saturated heterocycles. The summed E-state index contributed by atoms with van der Waals surface area (Å²) in [5.74, 6) is 0.491. The molecule has 2 unspecified atom stereocenters. The number of ether oxygens (including phenoxy) is 1. The van der Waals surface area contributed by atoms with Crippen LogP contribution in [0, 0.1) is 11.7 Å². The van der Waals surface area contributed by atoms with Gasteiger partial charge in [-0.05, 0) is 81.6 Å². The number of carbonyl (C=O) groups is 1. The monoisotopic (exact) mass is 576 g/mol. The van der Waals surface area contributed by atoms with E-state index in [0.29, 0.717) is 5.56 Å². The SMILES string of the molecule is CPc1ccc2nc(CN3CCC(C(/C=C\C=C\O)=N/Cc4cccc(C(C)=O)c4F)CC3)n(CC3CCO3)c2c1. The van der Waals surface area contributed by atoms with E-state index in [1.165, 1.54) is 23.8 Å². The topological polar surface area (TPSA) is 80.0 Å². The van der Waals surface area contributed by atoms with Crippen LogP contribution in [0.15, 0.2) is 65.9 Å². The van der Waals surface area contributed by atoms with Crippen LogP contribution in [0.2, 0.25) is 0 Å². The fourth-order valence-corrected chi connectivity index (χ4v) is 6.07. The van der Waals surface area contributed by atoms with E-state index >= 15 is 0 Å². The lowest BCUT2D eigenvalue weighted by Gasteiger charge is -2.32. The Morgan fingerprint density at radius 2 is 2.02 bits per heavy atom.